The van der Waals surface area contributed by atoms with Gasteiger partial charge in [0.1, 0.15) is 9.96 Å². The van der Waals surface area contributed by atoms with Gasteiger partial charge in [-0.25, -0.2) is 8.42 Å². The third-order valence-corrected chi connectivity index (χ3v) is 8.60. The van der Waals surface area contributed by atoms with Crippen LogP contribution in [0.3, 0.4) is 0 Å². The topological polar surface area (TPSA) is 85.2 Å². The molecule has 2 aromatic carbocycles. The van der Waals surface area contributed by atoms with E-state index in [1.165, 1.54) is 12.1 Å². The van der Waals surface area contributed by atoms with Gasteiger partial charge in [0.15, 0.2) is 15.6 Å². The fourth-order valence-electron chi connectivity index (χ4n) is 3.57. The second-order valence-corrected chi connectivity index (χ2v) is 11.5. The van der Waals surface area contributed by atoms with E-state index >= 15 is 0 Å². The molecule has 0 aliphatic carbocycles. The fraction of sp³-hybridized carbons (Fsp3) is 0.167. The molecule has 0 radical (unpaired) electrons. The first-order chi connectivity index (χ1) is 15.8. The van der Waals surface area contributed by atoms with Crippen LogP contribution in [0.1, 0.15) is 12.5 Å². The summed E-state index contributed by atoms with van der Waals surface area (Å²) < 4.78 is 26.7. The average molecular weight is 501 g/mol. The van der Waals surface area contributed by atoms with Crippen LogP contribution in [-0.2, 0) is 21.1 Å². The number of hydrogen-bond acceptors (Lipinski definition) is 6. The second kappa shape index (κ2) is 9.51. The first-order valence-corrected chi connectivity index (χ1v) is 13.1. The van der Waals surface area contributed by atoms with Crippen LogP contribution in [0.2, 0.25) is 4.34 Å². The zero-order chi connectivity index (χ0) is 23.6. The maximum Gasteiger partial charge on any atom is 0.262 e. The van der Waals surface area contributed by atoms with Gasteiger partial charge in [0.2, 0.25) is 0 Å². The standard InChI is InChI=1S/C24H21ClN2O4S2/c1-2-26-18-5-8-21-17(14-18)11-12-27(24(21)29)19-6-3-16(4-7-19)13-20(28)15-33(30,31)23-10-9-22(25)32-23/h3-12,14,26H,2,13,15H2,1H3. The maximum absolute atomic E-state index is 13.0. The molecule has 6 nitrogen and oxygen atoms in total. The zero-order valence-electron chi connectivity index (χ0n) is 17.7. The van der Waals surface area contributed by atoms with Gasteiger partial charge in [-0.3, -0.25) is 14.2 Å². The van der Waals surface area contributed by atoms with Gasteiger partial charge >= 0.3 is 0 Å². The van der Waals surface area contributed by atoms with Gasteiger partial charge in [0, 0.05) is 35.9 Å². The van der Waals surface area contributed by atoms with Crippen molar-refractivity contribution in [2.24, 2.45) is 0 Å². The number of halogens is 1. The van der Waals surface area contributed by atoms with Gasteiger partial charge in [0.25, 0.3) is 5.56 Å². The molecule has 2 aromatic heterocycles. The fourth-order valence-corrected chi connectivity index (χ4v) is 6.38. The molecule has 0 unspecified atom stereocenters. The van der Waals surface area contributed by atoms with Crippen molar-refractivity contribution in [3.8, 4) is 5.69 Å². The van der Waals surface area contributed by atoms with E-state index in [-0.39, 0.29) is 16.2 Å². The van der Waals surface area contributed by atoms with Crippen molar-refractivity contribution >= 4 is 55.0 Å². The largest absolute Gasteiger partial charge is 0.385 e. The Hall–Kier alpha value is -2.94. The Balaban J connectivity index is 1.50. The molecule has 2 heterocycles. The van der Waals surface area contributed by atoms with Crippen molar-refractivity contribution in [3.63, 3.8) is 0 Å². The lowest BCUT2D eigenvalue weighted by Crippen LogP contribution is -2.18. The van der Waals surface area contributed by atoms with Crippen LogP contribution < -0.4 is 10.9 Å². The van der Waals surface area contributed by atoms with Gasteiger partial charge in [-0.1, -0.05) is 23.7 Å². The average Bonchev–Trinajstić information content (AvgIpc) is 3.22. The number of Topliss-reactive ketones (excluding diaryl/α,β-unsaturated/α-hetero) is 1. The van der Waals surface area contributed by atoms with Crippen molar-refractivity contribution in [2.45, 2.75) is 17.6 Å². The summed E-state index contributed by atoms with van der Waals surface area (Å²) in [5, 5.41) is 4.69. The van der Waals surface area contributed by atoms with Crippen LogP contribution in [0.4, 0.5) is 5.69 Å². The molecule has 0 bridgehead atoms. The number of hydrogen-bond donors (Lipinski definition) is 1. The molecular formula is C24H21ClN2O4S2. The quantitative estimate of drug-likeness (QED) is 0.378. The van der Waals surface area contributed by atoms with Crippen molar-refractivity contribution < 1.29 is 13.2 Å². The van der Waals surface area contributed by atoms with E-state index in [9.17, 15) is 18.0 Å². The summed E-state index contributed by atoms with van der Waals surface area (Å²) in [6.45, 7) is 2.81. The Bertz CT molecular complexity index is 1490. The van der Waals surface area contributed by atoms with E-state index in [4.69, 9.17) is 11.6 Å². The SMILES string of the molecule is CCNc1ccc2c(=O)n(-c3ccc(CC(=O)CS(=O)(=O)c4ccc(Cl)s4)cc3)ccc2c1. The summed E-state index contributed by atoms with van der Waals surface area (Å²) in [6, 6.07) is 17.4. The van der Waals surface area contributed by atoms with Crippen LogP contribution in [0.25, 0.3) is 16.5 Å². The minimum absolute atomic E-state index is 0.0154. The number of ketones is 1. The number of benzene rings is 2. The minimum Gasteiger partial charge on any atom is -0.385 e. The predicted molar refractivity (Wildman–Crippen MR) is 134 cm³/mol. The van der Waals surface area contributed by atoms with Crippen molar-refractivity contribution in [1.82, 2.24) is 4.57 Å². The Morgan fingerprint density at radius 2 is 1.82 bits per heavy atom. The molecule has 0 fully saturated rings. The number of nitrogens with one attached hydrogen (secondary N) is 1. The molecule has 0 aliphatic rings. The highest BCUT2D eigenvalue weighted by atomic mass is 35.5. The van der Waals surface area contributed by atoms with E-state index in [1.54, 1.807) is 41.1 Å². The van der Waals surface area contributed by atoms with E-state index in [2.05, 4.69) is 5.32 Å². The Kier molecular flexibility index (Phi) is 6.69. The van der Waals surface area contributed by atoms with Gasteiger partial charge in [-0.05, 0) is 66.4 Å². The van der Waals surface area contributed by atoms with Crippen LogP contribution in [-0.4, -0.2) is 31.1 Å². The number of pyridine rings is 1. The maximum atomic E-state index is 13.0. The van der Waals surface area contributed by atoms with E-state index in [0.717, 1.165) is 29.0 Å². The summed E-state index contributed by atoms with van der Waals surface area (Å²) in [5.41, 5.74) is 2.16. The molecule has 0 aliphatic heterocycles. The first-order valence-electron chi connectivity index (χ1n) is 10.3. The number of sulfone groups is 1. The summed E-state index contributed by atoms with van der Waals surface area (Å²) in [7, 11) is -3.71. The highest BCUT2D eigenvalue weighted by Gasteiger charge is 2.21. The number of thiophene rings is 1. The number of aromatic nitrogens is 1. The number of anilines is 1. The molecule has 9 heteroatoms. The molecular weight excluding hydrogens is 480 g/mol. The molecule has 1 N–H and O–H groups in total. The van der Waals surface area contributed by atoms with E-state index < -0.39 is 21.4 Å². The Labute approximate surface area is 200 Å². The lowest BCUT2D eigenvalue weighted by atomic mass is 10.1. The van der Waals surface area contributed by atoms with Crippen LogP contribution >= 0.6 is 22.9 Å². The third-order valence-electron chi connectivity index (χ3n) is 5.11. The Morgan fingerprint density at radius 3 is 2.48 bits per heavy atom. The second-order valence-electron chi connectivity index (χ2n) is 7.52. The van der Waals surface area contributed by atoms with Crippen molar-refractivity contribution in [3.05, 3.63) is 87.1 Å². The summed E-state index contributed by atoms with van der Waals surface area (Å²) in [5.74, 6) is -0.989. The molecule has 0 amide bonds. The smallest absolute Gasteiger partial charge is 0.262 e. The number of fused-ring (bicyclic) bond motifs is 1. The normalized spacial score (nSPS) is 11.6. The van der Waals surface area contributed by atoms with Crippen LogP contribution in [0.15, 0.2) is 75.9 Å². The van der Waals surface area contributed by atoms with Gasteiger partial charge in [-0.15, -0.1) is 11.3 Å². The van der Waals surface area contributed by atoms with Crippen LogP contribution in [0, 0.1) is 0 Å². The summed E-state index contributed by atoms with van der Waals surface area (Å²) >= 11 is 6.74. The summed E-state index contributed by atoms with van der Waals surface area (Å²) in [4.78, 5) is 25.3. The molecule has 0 saturated carbocycles. The highest BCUT2D eigenvalue weighted by Crippen LogP contribution is 2.26. The van der Waals surface area contributed by atoms with Gasteiger partial charge in [0.05, 0.1) is 4.34 Å². The van der Waals surface area contributed by atoms with Gasteiger partial charge < -0.3 is 5.32 Å². The molecule has 0 saturated heterocycles. The molecule has 0 atom stereocenters. The number of rotatable bonds is 8. The Morgan fingerprint density at radius 1 is 1.06 bits per heavy atom. The van der Waals surface area contributed by atoms with Crippen LogP contribution in [0.5, 0.6) is 0 Å². The van der Waals surface area contributed by atoms with E-state index in [0.29, 0.717) is 21.0 Å². The van der Waals surface area contributed by atoms with E-state index in [1.807, 2.05) is 25.1 Å². The highest BCUT2D eigenvalue weighted by molar-refractivity contribution is 7.94. The van der Waals surface area contributed by atoms with Gasteiger partial charge in [-0.2, -0.15) is 0 Å². The monoisotopic (exact) mass is 500 g/mol. The molecule has 170 valence electrons. The number of carbonyl (C=O) groups excluding carboxylic acids is 1. The van der Waals surface area contributed by atoms with Crippen molar-refractivity contribution in [1.29, 1.82) is 0 Å². The van der Waals surface area contributed by atoms with Crippen molar-refractivity contribution in [2.75, 3.05) is 17.6 Å². The minimum atomic E-state index is -3.71. The predicted octanol–water partition coefficient (Wildman–Crippen LogP) is 4.72. The molecule has 4 rings (SSSR count). The lowest BCUT2D eigenvalue weighted by molar-refractivity contribution is -0.116. The number of nitrogens with zero attached hydrogens (tertiary/aromatic N) is 1. The first kappa shape index (κ1) is 23.2. The molecule has 0 spiro atoms. The zero-order valence-corrected chi connectivity index (χ0v) is 20.1. The summed E-state index contributed by atoms with van der Waals surface area (Å²) in [6.07, 6.45) is 1.71. The molecule has 33 heavy (non-hydrogen) atoms. The third kappa shape index (κ3) is 5.19. The lowest BCUT2D eigenvalue weighted by Gasteiger charge is -2.10. The number of carbonyl (C=O) groups is 1. The molecule has 4 aromatic rings.